The molecule has 1 fully saturated rings. The maximum absolute atomic E-state index is 5.99. The lowest BCUT2D eigenvalue weighted by Crippen LogP contribution is -2.35. The standard InChI is InChI=1S/C16H29N3/c1-5-19-15(8-12(2)18-19)9-14-10-16(3,4)7-6-13(14)11-17/h8,13-14H,5-7,9-11,17H2,1-4H3. The van der Waals surface area contributed by atoms with Gasteiger partial charge in [-0.3, -0.25) is 4.68 Å². The molecule has 2 unspecified atom stereocenters. The van der Waals surface area contributed by atoms with Crippen LogP contribution in [0.1, 0.15) is 51.4 Å². The second-order valence-corrected chi connectivity index (χ2v) is 6.96. The summed E-state index contributed by atoms with van der Waals surface area (Å²) < 4.78 is 2.16. The van der Waals surface area contributed by atoms with Gasteiger partial charge in [0.15, 0.2) is 0 Å². The summed E-state index contributed by atoms with van der Waals surface area (Å²) in [5.41, 5.74) is 8.99. The van der Waals surface area contributed by atoms with Crippen LogP contribution in [0.3, 0.4) is 0 Å². The van der Waals surface area contributed by atoms with Crippen molar-refractivity contribution in [2.75, 3.05) is 6.54 Å². The Morgan fingerprint density at radius 2 is 2.16 bits per heavy atom. The van der Waals surface area contributed by atoms with Crippen LogP contribution in [-0.4, -0.2) is 16.3 Å². The van der Waals surface area contributed by atoms with Crippen molar-refractivity contribution in [2.24, 2.45) is 23.0 Å². The minimum absolute atomic E-state index is 0.475. The van der Waals surface area contributed by atoms with Gasteiger partial charge in [0.05, 0.1) is 5.69 Å². The lowest BCUT2D eigenvalue weighted by Gasteiger charge is -2.40. The van der Waals surface area contributed by atoms with Crippen LogP contribution in [0.25, 0.3) is 0 Å². The Labute approximate surface area is 117 Å². The van der Waals surface area contributed by atoms with Gasteiger partial charge >= 0.3 is 0 Å². The molecule has 0 saturated heterocycles. The summed E-state index contributed by atoms with van der Waals surface area (Å²) in [6.07, 6.45) is 5.04. The smallest absolute Gasteiger partial charge is 0.0596 e. The minimum atomic E-state index is 0.475. The Balaban J connectivity index is 2.14. The highest BCUT2D eigenvalue weighted by Crippen LogP contribution is 2.42. The molecule has 0 aromatic carbocycles. The lowest BCUT2D eigenvalue weighted by atomic mass is 9.66. The van der Waals surface area contributed by atoms with Crippen molar-refractivity contribution >= 4 is 0 Å². The predicted molar refractivity (Wildman–Crippen MR) is 80.0 cm³/mol. The number of rotatable bonds is 4. The third-order valence-electron chi connectivity index (χ3n) is 4.73. The molecule has 0 spiro atoms. The predicted octanol–water partition coefficient (Wildman–Crippen LogP) is 3.16. The highest BCUT2D eigenvalue weighted by Gasteiger charge is 2.34. The van der Waals surface area contributed by atoms with Crippen LogP contribution in [0, 0.1) is 24.2 Å². The van der Waals surface area contributed by atoms with E-state index < -0.39 is 0 Å². The van der Waals surface area contributed by atoms with Crippen LogP contribution in [0.4, 0.5) is 0 Å². The van der Waals surface area contributed by atoms with Gasteiger partial charge in [0.25, 0.3) is 0 Å². The van der Waals surface area contributed by atoms with Crippen LogP contribution in [-0.2, 0) is 13.0 Å². The first kappa shape index (κ1) is 14.6. The highest BCUT2D eigenvalue weighted by molar-refractivity contribution is 5.10. The Hall–Kier alpha value is -0.830. The normalized spacial score (nSPS) is 26.6. The van der Waals surface area contributed by atoms with E-state index in [4.69, 9.17) is 5.73 Å². The molecule has 0 radical (unpaired) electrons. The second kappa shape index (κ2) is 5.66. The van der Waals surface area contributed by atoms with E-state index in [1.54, 1.807) is 0 Å². The molecule has 1 heterocycles. The van der Waals surface area contributed by atoms with Gasteiger partial charge in [-0.05, 0) is 69.4 Å². The van der Waals surface area contributed by atoms with E-state index in [9.17, 15) is 0 Å². The maximum atomic E-state index is 5.99. The van der Waals surface area contributed by atoms with Gasteiger partial charge in [0, 0.05) is 12.2 Å². The molecule has 0 amide bonds. The fraction of sp³-hybridized carbons (Fsp3) is 0.812. The number of hydrogen-bond donors (Lipinski definition) is 1. The van der Waals surface area contributed by atoms with Gasteiger partial charge in [-0.2, -0.15) is 5.10 Å². The zero-order valence-electron chi connectivity index (χ0n) is 12.9. The molecule has 1 aromatic rings. The average Bonchev–Trinajstić information content (AvgIpc) is 2.69. The summed E-state index contributed by atoms with van der Waals surface area (Å²) in [5.74, 6) is 1.41. The average molecular weight is 263 g/mol. The molecule has 3 heteroatoms. The van der Waals surface area contributed by atoms with Crippen molar-refractivity contribution < 1.29 is 0 Å². The molecule has 3 nitrogen and oxygen atoms in total. The molecule has 0 bridgehead atoms. The van der Waals surface area contributed by atoms with Gasteiger partial charge in [0.1, 0.15) is 0 Å². The number of aromatic nitrogens is 2. The molecule has 2 rings (SSSR count). The van der Waals surface area contributed by atoms with Gasteiger partial charge in [-0.25, -0.2) is 0 Å². The fourth-order valence-corrected chi connectivity index (χ4v) is 3.65. The van der Waals surface area contributed by atoms with Crippen molar-refractivity contribution in [3.8, 4) is 0 Å². The van der Waals surface area contributed by atoms with Crippen LogP contribution in [0.15, 0.2) is 6.07 Å². The van der Waals surface area contributed by atoms with Gasteiger partial charge in [-0.1, -0.05) is 13.8 Å². The van der Waals surface area contributed by atoms with E-state index in [0.29, 0.717) is 11.3 Å². The molecular formula is C16H29N3. The van der Waals surface area contributed by atoms with Crippen molar-refractivity contribution in [3.63, 3.8) is 0 Å². The topological polar surface area (TPSA) is 43.8 Å². The van der Waals surface area contributed by atoms with E-state index in [1.165, 1.54) is 25.0 Å². The van der Waals surface area contributed by atoms with Crippen LogP contribution in [0.5, 0.6) is 0 Å². The van der Waals surface area contributed by atoms with Crippen LogP contribution < -0.4 is 5.73 Å². The third kappa shape index (κ3) is 3.38. The van der Waals surface area contributed by atoms with E-state index in [2.05, 4.69) is 43.5 Å². The zero-order chi connectivity index (χ0) is 14.0. The number of hydrogen-bond acceptors (Lipinski definition) is 2. The Morgan fingerprint density at radius 3 is 2.79 bits per heavy atom. The molecule has 2 atom stereocenters. The number of aryl methyl sites for hydroxylation is 2. The molecule has 1 aliphatic rings. The quantitative estimate of drug-likeness (QED) is 0.907. The zero-order valence-corrected chi connectivity index (χ0v) is 12.9. The highest BCUT2D eigenvalue weighted by atomic mass is 15.3. The fourth-order valence-electron chi connectivity index (χ4n) is 3.65. The largest absolute Gasteiger partial charge is 0.330 e. The Bertz CT molecular complexity index is 420. The summed E-state index contributed by atoms with van der Waals surface area (Å²) in [6.45, 7) is 10.8. The van der Waals surface area contributed by atoms with Crippen LogP contribution in [0.2, 0.25) is 0 Å². The van der Waals surface area contributed by atoms with E-state index in [1.807, 2.05) is 0 Å². The summed E-state index contributed by atoms with van der Waals surface area (Å²) in [6, 6.07) is 2.25. The molecule has 2 N–H and O–H groups in total. The molecule has 1 aromatic heterocycles. The van der Waals surface area contributed by atoms with E-state index >= 15 is 0 Å². The summed E-state index contributed by atoms with van der Waals surface area (Å²) in [4.78, 5) is 0. The Morgan fingerprint density at radius 1 is 1.42 bits per heavy atom. The maximum Gasteiger partial charge on any atom is 0.0596 e. The van der Waals surface area contributed by atoms with Gasteiger partial charge in [-0.15, -0.1) is 0 Å². The summed E-state index contributed by atoms with van der Waals surface area (Å²) in [7, 11) is 0. The first-order chi connectivity index (χ1) is 8.95. The van der Waals surface area contributed by atoms with Gasteiger partial charge < -0.3 is 5.73 Å². The molecular weight excluding hydrogens is 234 g/mol. The molecule has 0 aliphatic heterocycles. The molecule has 1 saturated carbocycles. The SMILES string of the molecule is CCn1nc(C)cc1CC1CC(C)(C)CCC1CN. The minimum Gasteiger partial charge on any atom is -0.330 e. The van der Waals surface area contributed by atoms with Gasteiger partial charge in [0.2, 0.25) is 0 Å². The monoisotopic (exact) mass is 263 g/mol. The molecule has 108 valence electrons. The number of nitrogens with zero attached hydrogens (tertiary/aromatic N) is 2. The second-order valence-electron chi connectivity index (χ2n) is 6.96. The lowest BCUT2D eigenvalue weighted by molar-refractivity contribution is 0.120. The van der Waals surface area contributed by atoms with E-state index in [0.717, 1.165) is 31.1 Å². The summed E-state index contributed by atoms with van der Waals surface area (Å²) in [5, 5.41) is 4.57. The Kier molecular flexibility index (Phi) is 4.34. The molecule has 19 heavy (non-hydrogen) atoms. The van der Waals surface area contributed by atoms with Crippen molar-refractivity contribution in [1.29, 1.82) is 0 Å². The van der Waals surface area contributed by atoms with E-state index in [-0.39, 0.29) is 0 Å². The molecule has 1 aliphatic carbocycles. The third-order valence-corrected chi connectivity index (χ3v) is 4.73. The van der Waals surface area contributed by atoms with Crippen molar-refractivity contribution in [2.45, 2.75) is 59.9 Å². The number of nitrogens with two attached hydrogens (primary N) is 1. The van der Waals surface area contributed by atoms with Crippen LogP contribution >= 0.6 is 0 Å². The first-order valence-electron chi connectivity index (χ1n) is 7.68. The van der Waals surface area contributed by atoms with Crippen molar-refractivity contribution in [1.82, 2.24) is 9.78 Å². The first-order valence-corrected chi connectivity index (χ1v) is 7.68. The summed E-state index contributed by atoms with van der Waals surface area (Å²) >= 11 is 0. The van der Waals surface area contributed by atoms with Crippen molar-refractivity contribution in [3.05, 3.63) is 17.5 Å².